The second-order valence-electron chi connectivity index (χ2n) is 4.56. The molecule has 0 bridgehead atoms. The maximum Gasteiger partial charge on any atom is 0.00944 e. The largest absolute Gasteiger partial charge is 0.0939 e. The van der Waals surface area contributed by atoms with E-state index in [2.05, 4.69) is 27.7 Å². The van der Waals surface area contributed by atoms with Crippen molar-refractivity contribution < 1.29 is 0 Å². The fourth-order valence-corrected chi connectivity index (χ4v) is 3.40. The highest BCUT2D eigenvalue weighted by Gasteiger charge is 1.96. The summed E-state index contributed by atoms with van der Waals surface area (Å²) in [5.41, 5.74) is 0. The Balaban J connectivity index is 2.92. The molecule has 0 radical (unpaired) electrons. The van der Waals surface area contributed by atoms with Gasteiger partial charge in [-0.1, -0.05) is 75.0 Å². The van der Waals surface area contributed by atoms with Gasteiger partial charge in [-0.2, -0.15) is 0 Å². The molecule has 0 saturated carbocycles. The normalized spacial score (nSPS) is 11.6. The predicted octanol–water partition coefficient (Wildman–Crippen LogP) is 5.38. The third-order valence-electron chi connectivity index (χ3n) is 2.02. The lowest BCUT2D eigenvalue weighted by Crippen LogP contribution is -1.88. The number of hydrogen-bond donors (Lipinski definition) is 0. The van der Waals surface area contributed by atoms with E-state index in [-0.39, 0.29) is 0 Å². The van der Waals surface area contributed by atoms with Crippen molar-refractivity contribution in [3.05, 3.63) is 0 Å². The van der Waals surface area contributed by atoms with Gasteiger partial charge < -0.3 is 0 Å². The van der Waals surface area contributed by atoms with Crippen LogP contribution in [0.15, 0.2) is 0 Å². The molecule has 0 spiro atoms. The van der Waals surface area contributed by atoms with E-state index < -0.39 is 0 Å². The molecule has 0 aliphatic heterocycles. The Labute approximate surface area is 98.4 Å². The van der Waals surface area contributed by atoms with Crippen LogP contribution in [0.3, 0.4) is 0 Å². The van der Waals surface area contributed by atoms with Crippen LogP contribution in [0.25, 0.3) is 0 Å². The first-order valence-corrected chi connectivity index (χ1v) is 8.29. The minimum Gasteiger partial charge on any atom is -0.0939 e. The standard InChI is InChI=1S/C12H26S2/c1-11(2)9-7-5-6-8-10-13-14-12(3)4/h11-12H,5-10H2,1-4H3. The molecule has 86 valence electrons. The van der Waals surface area contributed by atoms with Gasteiger partial charge in [0.05, 0.1) is 0 Å². The van der Waals surface area contributed by atoms with Gasteiger partial charge in [-0.05, 0) is 12.3 Å². The van der Waals surface area contributed by atoms with E-state index in [4.69, 9.17) is 0 Å². The fourth-order valence-electron chi connectivity index (χ4n) is 1.25. The SMILES string of the molecule is CC(C)CCCCCCSSC(C)C. The Morgan fingerprint density at radius 1 is 0.857 bits per heavy atom. The lowest BCUT2D eigenvalue weighted by atomic mass is 10.0. The van der Waals surface area contributed by atoms with E-state index in [0.29, 0.717) is 0 Å². The minimum atomic E-state index is 0.779. The van der Waals surface area contributed by atoms with Crippen LogP contribution in [0.5, 0.6) is 0 Å². The Morgan fingerprint density at radius 3 is 2.07 bits per heavy atom. The molecule has 0 heterocycles. The second kappa shape index (κ2) is 10.2. The molecule has 2 heteroatoms. The summed E-state index contributed by atoms with van der Waals surface area (Å²) in [7, 11) is 4.06. The maximum absolute atomic E-state index is 2.31. The zero-order valence-corrected chi connectivity index (χ0v) is 11.8. The van der Waals surface area contributed by atoms with Gasteiger partial charge in [-0.3, -0.25) is 0 Å². The van der Waals surface area contributed by atoms with E-state index in [0.717, 1.165) is 11.2 Å². The second-order valence-corrected chi connectivity index (χ2v) is 7.63. The van der Waals surface area contributed by atoms with E-state index in [1.807, 2.05) is 21.6 Å². The first-order chi connectivity index (χ1) is 6.63. The lowest BCUT2D eigenvalue weighted by molar-refractivity contribution is 0.525. The smallest absolute Gasteiger partial charge is 0.00944 e. The van der Waals surface area contributed by atoms with Crippen LogP contribution in [0.1, 0.15) is 59.8 Å². The van der Waals surface area contributed by atoms with Gasteiger partial charge in [0.2, 0.25) is 0 Å². The summed E-state index contributed by atoms with van der Waals surface area (Å²) in [4.78, 5) is 0. The van der Waals surface area contributed by atoms with Crippen LogP contribution in [0, 0.1) is 5.92 Å². The Bertz CT molecular complexity index is 96.9. The molecule has 0 nitrogen and oxygen atoms in total. The van der Waals surface area contributed by atoms with Crippen LogP contribution in [0.2, 0.25) is 0 Å². The minimum absolute atomic E-state index is 0.779. The molecular weight excluding hydrogens is 208 g/mol. The van der Waals surface area contributed by atoms with Crippen LogP contribution < -0.4 is 0 Å². The molecule has 0 atom stereocenters. The fraction of sp³-hybridized carbons (Fsp3) is 1.00. The van der Waals surface area contributed by atoms with E-state index >= 15 is 0 Å². The summed E-state index contributed by atoms with van der Waals surface area (Å²) < 4.78 is 0. The van der Waals surface area contributed by atoms with Crippen LogP contribution in [-0.4, -0.2) is 11.0 Å². The van der Waals surface area contributed by atoms with Crippen LogP contribution in [-0.2, 0) is 0 Å². The zero-order valence-electron chi connectivity index (χ0n) is 10.2. The maximum atomic E-state index is 2.31. The van der Waals surface area contributed by atoms with Crippen molar-refractivity contribution in [3.63, 3.8) is 0 Å². The molecule has 0 rings (SSSR count). The van der Waals surface area contributed by atoms with Gasteiger partial charge in [0.15, 0.2) is 0 Å². The third-order valence-corrected chi connectivity index (χ3v) is 5.06. The molecule has 0 aromatic heterocycles. The summed E-state index contributed by atoms with van der Waals surface area (Å²) in [5, 5.41) is 0.779. The number of unbranched alkanes of at least 4 members (excludes halogenated alkanes) is 3. The summed E-state index contributed by atoms with van der Waals surface area (Å²) in [6, 6.07) is 0. The van der Waals surface area contributed by atoms with Gasteiger partial charge in [0, 0.05) is 11.0 Å². The molecule has 0 aliphatic rings. The monoisotopic (exact) mass is 234 g/mol. The highest BCUT2D eigenvalue weighted by molar-refractivity contribution is 8.76. The molecule has 14 heavy (non-hydrogen) atoms. The molecule has 0 aliphatic carbocycles. The topological polar surface area (TPSA) is 0 Å². The van der Waals surface area contributed by atoms with Crippen molar-refractivity contribution in [3.8, 4) is 0 Å². The number of rotatable bonds is 9. The average molecular weight is 234 g/mol. The Morgan fingerprint density at radius 2 is 1.50 bits per heavy atom. The van der Waals surface area contributed by atoms with Crippen molar-refractivity contribution in [2.75, 3.05) is 5.75 Å². The molecule has 0 aromatic carbocycles. The molecule has 0 N–H and O–H groups in total. The van der Waals surface area contributed by atoms with Gasteiger partial charge in [0.25, 0.3) is 0 Å². The van der Waals surface area contributed by atoms with Gasteiger partial charge in [-0.25, -0.2) is 0 Å². The van der Waals surface area contributed by atoms with Crippen LogP contribution >= 0.6 is 21.6 Å². The molecule has 0 saturated heterocycles. The summed E-state index contributed by atoms with van der Waals surface area (Å²) in [6.07, 6.45) is 7.11. The third kappa shape index (κ3) is 12.7. The predicted molar refractivity (Wildman–Crippen MR) is 73.1 cm³/mol. The molecule has 0 aromatic rings. The molecule has 0 amide bonds. The molecule has 0 fully saturated rings. The van der Waals surface area contributed by atoms with Crippen LogP contribution in [0.4, 0.5) is 0 Å². The summed E-state index contributed by atoms with van der Waals surface area (Å²) >= 11 is 0. The first-order valence-electron chi connectivity index (χ1n) is 5.91. The summed E-state index contributed by atoms with van der Waals surface area (Å²) in [6.45, 7) is 9.16. The van der Waals surface area contributed by atoms with E-state index in [9.17, 15) is 0 Å². The summed E-state index contributed by atoms with van der Waals surface area (Å²) in [5.74, 6) is 2.23. The highest BCUT2D eigenvalue weighted by Crippen LogP contribution is 2.27. The Hall–Kier alpha value is 0.700. The number of hydrogen-bond acceptors (Lipinski definition) is 2. The first kappa shape index (κ1) is 14.7. The quantitative estimate of drug-likeness (QED) is 0.388. The van der Waals surface area contributed by atoms with E-state index in [1.54, 1.807) is 0 Å². The van der Waals surface area contributed by atoms with Crippen molar-refractivity contribution in [2.45, 2.75) is 65.0 Å². The lowest BCUT2D eigenvalue weighted by Gasteiger charge is -2.05. The zero-order chi connectivity index (χ0) is 10.8. The van der Waals surface area contributed by atoms with Crippen molar-refractivity contribution in [1.82, 2.24) is 0 Å². The van der Waals surface area contributed by atoms with E-state index in [1.165, 1.54) is 37.9 Å². The average Bonchev–Trinajstić information content (AvgIpc) is 2.08. The van der Waals surface area contributed by atoms with Gasteiger partial charge in [0.1, 0.15) is 0 Å². The van der Waals surface area contributed by atoms with Crippen molar-refractivity contribution in [2.24, 2.45) is 5.92 Å². The molecular formula is C12H26S2. The van der Waals surface area contributed by atoms with Crippen molar-refractivity contribution in [1.29, 1.82) is 0 Å². The van der Waals surface area contributed by atoms with Gasteiger partial charge in [-0.15, -0.1) is 0 Å². The highest BCUT2D eigenvalue weighted by atomic mass is 33.1. The molecule has 0 unspecified atom stereocenters. The Kier molecular flexibility index (Phi) is 10.7. The van der Waals surface area contributed by atoms with Gasteiger partial charge >= 0.3 is 0 Å². The van der Waals surface area contributed by atoms with Crippen molar-refractivity contribution >= 4 is 21.6 Å².